The van der Waals surface area contributed by atoms with Gasteiger partial charge in [0, 0.05) is 18.4 Å². The second kappa shape index (κ2) is 8.48. The maximum atomic E-state index is 12.1. The van der Waals surface area contributed by atoms with E-state index in [1.807, 2.05) is 38.1 Å². The van der Waals surface area contributed by atoms with Gasteiger partial charge in [0.2, 0.25) is 23.5 Å². The molecule has 8 nitrogen and oxygen atoms in total. The second-order valence-electron chi connectivity index (χ2n) is 6.05. The van der Waals surface area contributed by atoms with E-state index in [1.165, 1.54) is 0 Å². The van der Waals surface area contributed by atoms with Crippen LogP contribution in [-0.4, -0.2) is 28.3 Å². The van der Waals surface area contributed by atoms with E-state index in [0.29, 0.717) is 42.6 Å². The van der Waals surface area contributed by atoms with Gasteiger partial charge in [0.05, 0.1) is 18.4 Å². The summed E-state index contributed by atoms with van der Waals surface area (Å²) >= 11 is 0. The fraction of sp³-hybridized carbons (Fsp3) is 0.368. The number of carbonyl (C=O) groups excluding carboxylic acids is 1. The normalized spacial score (nSPS) is 10.8. The molecular formula is C19H22N4O4. The third kappa shape index (κ3) is 4.33. The molecule has 0 saturated carbocycles. The Bertz CT molecular complexity index is 916. The molecule has 1 aromatic carbocycles. The van der Waals surface area contributed by atoms with E-state index in [9.17, 15) is 4.79 Å². The predicted octanol–water partition coefficient (Wildman–Crippen LogP) is 3.57. The zero-order chi connectivity index (χ0) is 19.2. The summed E-state index contributed by atoms with van der Waals surface area (Å²) in [6.07, 6.45) is 2.16. The van der Waals surface area contributed by atoms with E-state index < -0.39 is 0 Å². The lowest BCUT2D eigenvalue weighted by molar-refractivity contribution is -0.116. The molecule has 0 radical (unpaired) electrons. The molecule has 0 unspecified atom stereocenters. The van der Waals surface area contributed by atoms with Crippen molar-refractivity contribution in [2.75, 3.05) is 12.4 Å². The first-order valence-electron chi connectivity index (χ1n) is 8.83. The van der Waals surface area contributed by atoms with Crippen molar-refractivity contribution in [3.8, 4) is 17.1 Å². The summed E-state index contributed by atoms with van der Waals surface area (Å²) in [5.74, 6) is 1.90. The van der Waals surface area contributed by atoms with Gasteiger partial charge in [0.15, 0.2) is 0 Å². The molecule has 1 N–H and O–H groups in total. The number of para-hydroxylation sites is 1. The number of nitrogens with zero attached hydrogens (tertiary/aromatic N) is 3. The van der Waals surface area contributed by atoms with Crippen LogP contribution in [0.5, 0.6) is 5.75 Å². The number of rotatable bonds is 8. The average molecular weight is 370 g/mol. The molecule has 3 rings (SSSR count). The van der Waals surface area contributed by atoms with Gasteiger partial charge < -0.3 is 13.8 Å². The number of benzene rings is 1. The van der Waals surface area contributed by atoms with E-state index in [2.05, 4.69) is 20.6 Å². The highest BCUT2D eigenvalue weighted by atomic mass is 16.5. The first-order chi connectivity index (χ1) is 13.1. The molecule has 27 heavy (non-hydrogen) atoms. The summed E-state index contributed by atoms with van der Waals surface area (Å²) in [4.78, 5) is 16.5. The lowest BCUT2D eigenvalue weighted by Gasteiger charge is -2.03. The van der Waals surface area contributed by atoms with Crippen LogP contribution in [0.3, 0.4) is 0 Å². The number of ether oxygens (including phenoxy) is 1. The van der Waals surface area contributed by atoms with Crippen molar-refractivity contribution in [1.29, 1.82) is 0 Å². The molecule has 0 aliphatic rings. The number of amides is 1. The molecule has 1 amide bonds. The number of aromatic nitrogens is 3. The molecule has 0 spiro atoms. The fourth-order valence-corrected chi connectivity index (χ4v) is 2.70. The Kier molecular flexibility index (Phi) is 5.85. The largest absolute Gasteiger partial charge is 0.496 e. The van der Waals surface area contributed by atoms with Gasteiger partial charge in [-0.1, -0.05) is 29.4 Å². The van der Waals surface area contributed by atoms with Crippen molar-refractivity contribution in [3.63, 3.8) is 0 Å². The summed E-state index contributed by atoms with van der Waals surface area (Å²) in [6.45, 7) is 3.86. The van der Waals surface area contributed by atoms with Crippen molar-refractivity contribution < 1.29 is 18.6 Å². The summed E-state index contributed by atoms with van der Waals surface area (Å²) < 4.78 is 15.7. The summed E-state index contributed by atoms with van der Waals surface area (Å²) in [5, 5.41) is 10.7. The van der Waals surface area contributed by atoms with Gasteiger partial charge in [-0.05, 0) is 31.9 Å². The van der Waals surface area contributed by atoms with Crippen LogP contribution >= 0.6 is 0 Å². The third-order valence-electron chi connectivity index (χ3n) is 4.22. The molecule has 3 aromatic rings. The molecule has 0 atom stereocenters. The minimum atomic E-state index is -0.138. The topological polar surface area (TPSA) is 103 Å². The number of methoxy groups -OCH3 is 1. The van der Waals surface area contributed by atoms with Gasteiger partial charge in [-0.3, -0.25) is 10.1 Å². The second-order valence-corrected chi connectivity index (χ2v) is 6.05. The zero-order valence-electron chi connectivity index (χ0n) is 15.6. The molecule has 2 heterocycles. The summed E-state index contributed by atoms with van der Waals surface area (Å²) in [6, 6.07) is 7.46. The summed E-state index contributed by atoms with van der Waals surface area (Å²) in [5.41, 5.74) is 2.48. The van der Waals surface area contributed by atoms with Crippen molar-refractivity contribution in [2.45, 2.75) is 39.5 Å². The minimum Gasteiger partial charge on any atom is -0.496 e. The van der Waals surface area contributed by atoms with Crippen molar-refractivity contribution in [1.82, 2.24) is 15.3 Å². The Morgan fingerprint density at radius 3 is 2.78 bits per heavy atom. The minimum absolute atomic E-state index is 0.138. The van der Waals surface area contributed by atoms with Crippen LogP contribution < -0.4 is 10.1 Å². The SMILES string of the molecule is CCc1noc(NC(=O)CCCc2nc(-c3ccccc3OC)no2)c1C. The highest BCUT2D eigenvalue weighted by Crippen LogP contribution is 2.27. The van der Waals surface area contributed by atoms with Crippen LogP contribution in [-0.2, 0) is 17.6 Å². The summed E-state index contributed by atoms with van der Waals surface area (Å²) in [7, 11) is 1.60. The van der Waals surface area contributed by atoms with Gasteiger partial charge in [0.1, 0.15) is 5.75 Å². The Labute approximate surface area is 156 Å². The van der Waals surface area contributed by atoms with E-state index >= 15 is 0 Å². The van der Waals surface area contributed by atoms with Crippen LogP contribution in [0.1, 0.15) is 36.9 Å². The zero-order valence-corrected chi connectivity index (χ0v) is 15.6. The Morgan fingerprint density at radius 1 is 1.22 bits per heavy atom. The van der Waals surface area contributed by atoms with E-state index in [0.717, 1.165) is 23.2 Å². The van der Waals surface area contributed by atoms with Crippen molar-refractivity contribution in [2.24, 2.45) is 0 Å². The molecule has 142 valence electrons. The Balaban J connectivity index is 1.53. The van der Waals surface area contributed by atoms with Crippen LogP contribution in [0.15, 0.2) is 33.3 Å². The Morgan fingerprint density at radius 2 is 2.04 bits per heavy atom. The maximum absolute atomic E-state index is 12.1. The number of anilines is 1. The van der Waals surface area contributed by atoms with Gasteiger partial charge in [-0.25, -0.2) is 0 Å². The molecule has 8 heteroatoms. The quantitative estimate of drug-likeness (QED) is 0.646. The number of carbonyl (C=O) groups is 1. The first-order valence-corrected chi connectivity index (χ1v) is 8.83. The van der Waals surface area contributed by atoms with Crippen LogP contribution in [0.2, 0.25) is 0 Å². The lowest BCUT2D eigenvalue weighted by Crippen LogP contribution is -2.11. The third-order valence-corrected chi connectivity index (χ3v) is 4.22. The predicted molar refractivity (Wildman–Crippen MR) is 98.5 cm³/mol. The lowest BCUT2D eigenvalue weighted by atomic mass is 10.2. The van der Waals surface area contributed by atoms with E-state index in [-0.39, 0.29) is 5.91 Å². The smallest absolute Gasteiger partial charge is 0.234 e. The molecule has 0 saturated heterocycles. The number of hydrogen-bond donors (Lipinski definition) is 1. The highest BCUT2D eigenvalue weighted by Gasteiger charge is 2.15. The van der Waals surface area contributed by atoms with Crippen LogP contribution in [0, 0.1) is 6.92 Å². The van der Waals surface area contributed by atoms with Gasteiger partial charge >= 0.3 is 0 Å². The monoisotopic (exact) mass is 370 g/mol. The van der Waals surface area contributed by atoms with Crippen molar-refractivity contribution >= 4 is 11.8 Å². The van der Waals surface area contributed by atoms with Crippen molar-refractivity contribution in [3.05, 3.63) is 41.4 Å². The van der Waals surface area contributed by atoms with Gasteiger partial charge in [0.25, 0.3) is 0 Å². The molecule has 0 bridgehead atoms. The first kappa shape index (κ1) is 18.6. The van der Waals surface area contributed by atoms with E-state index in [4.69, 9.17) is 13.8 Å². The van der Waals surface area contributed by atoms with Gasteiger partial charge in [-0.2, -0.15) is 4.98 Å². The molecule has 2 aromatic heterocycles. The molecule has 0 aliphatic carbocycles. The molecule has 0 aliphatic heterocycles. The number of nitrogens with one attached hydrogen (secondary N) is 1. The van der Waals surface area contributed by atoms with Gasteiger partial charge in [-0.15, -0.1) is 0 Å². The highest BCUT2D eigenvalue weighted by molar-refractivity contribution is 5.90. The van der Waals surface area contributed by atoms with E-state index in [1.54, 1.807) is 7.11 Å². The number of aryl methyl sites for hydroxylation is 2. The molecular weight excluding hydrogens is 348 g/mol. The van der Waals surface area contributed by atoms with Crippen LogP contribution in [0.25, 0.3) is 11.4 Å². The maximum Gasteiger partial charge on any atom is 0.234 e. The molecule has 0 fully saturated rings. The van der Waals surface area contributed by atoms with Crippen LogP contribution in [0.4, 0.5) is 5.88 Å². The Hall–Kier alpha value is -3.16. The standard InChI is InChI=1S/C19H22N4O4/c1-4-14-12(2)19(27-22-14)20-16(24)10-7-11-17-21-18(23-26-17)13-8-5-6-9-15(13)25-3/h5-6,8-9H,4,7,10-11H2,1-3H3,(H,20,24). The number of hydrogen-bond acceptors (Lipinski definition) is 7. The fourth-order valence-electron chi connectivity index (χ4n) is 2.70. The average Bonchev–Trinajstić information content (AvgIpc) is 3.29.